The highest BCUT2D eigenvalue weighted by Gasteiger charge is 2.33. The summed E-state index contributed by atoms with van der Waals surface area (Å²) in [5.74, 6) is -0.304. The van der Waals surface area contributed by atoms with Gasteiger partial charge in [-0.3, -0.25) is 10.1 Å². The number of aryl methyl sites for hydroxylation is 1. The van der Waals surface area contributed by atoms with E-state index in [0.717, 1.165) is 11.1 Å². The zero-order valence-electron chi connectivity index (χ0n) is 12.5. The lowest BCUT2D eigenvalue weighted by Gasteiger charge is -2.26. The highest BCUT2D eigenvalue weighted by molar-refractivity contribution is 6.68. The molecule has 0 aliphatic heterocycles. The average molecular weight is 372 g/mol. The number of nitrogens with one attached hydrogen (secondary N) is 2. The van der Waals surface area contributed by atoms with Crippen molar-refractivity contribution < 1.29 is 4.79 Å². The van der Waals surface area contributed by atoms with Gasteiger partial charge in [-0.25, -0.2) is 0 Å². The lowest BCUT2D eigenvalue weighted by Crippen LogP contribution is -2.53. The Morgan fingerprint density at radius 1 is 1.04 bits per heavy atom. The van der Waals surface area contributed by atoms with Gasteiger partial charge in [0.1, 0.15) is 6.17 Å². The first-order valence-electron chi connectivity index (χ1n) is 7.08. The van der Waals surface area contributed by atoms with Crippen LogP contribution in [-0.2, 0) is 6.54 Å². The lowest BCUT2D eigenvalue weighted by atomic mass is 10.1. The third kappa shape index (κ3) is 5.70. The highest BCUT2D eigenvalue weighted by Crippen LogP contribution is 2.29. The Hall–Kier alpha value is -1.26. The molecule has 0 aromatic heterocycles. The van der Waals surface area contributed by atoms with E-state index in [1.54, 1.807) is 12.1 Å². The second kappa shape index (κ2) is 8.02. The fourth-order valence-corrected chi connectivity index (χ4v) is 2.38. The summed E-state index contributed by atoms with van der Waals surface area (Å²) in [7, 11) is 0. The van der Waals surface area contributed by atoms with Crippen LogP contribution in [0.2, 0.25) is 0 Å². The first kappa shape index (κ1) is 18.1. The van der Waals surface area contributed by atoms with Crippen LogP contribution < -0.4 is 10.6 Å². The molecule has 0 bridgehead atoms. The van der Waals surface area contributed by atoms with E-state index in [9.17, 15) is 4.79 Å². The number of alkyl halides is 3. The number of hydrogen-bond donors (Lipinski definition) is 2. The second-order valence-corrected chi connectivity index (χ2v) is 7.55. The lowest BCUT2D eigenvalue weighted by molar-refractivity contribution is 0.0929. The Kier molecular flexibility index (Phi) is 6.31. The van der Waals surface area contributed by atoms with Crippen molar-refractivity contribution in [1.29, 1.82) is 0 Å². The zero-order valence-corrected chi connectivity index (χ0v) is 14.8. The molecule has 0 fully saturated rings. The molecule has 1 atom stereocenters. The standard InChI is InChI=1S/C17H17Cl3N2O/c1-12-7-9-14(10-8-12)15(23)22-16(17(18,19)20)21-11-13-5-3-2-4-6-13/h2-10,16,21H,11H2,1H3,(H,22,23)/t16-/m0/s1. The molecule has 122 valence electrons. The van der Waals surface area contributed by atoms with Gasteiger partial charge in [-0.05, 0) is 24.6 Å². The van der Waals surface area contributed by atoms with Crippen LogP contribution in [0.1, 0.15) is 21.5 Å². The molecule has 3 nitrogen and oxygen atoms in total. The zero-order chi connectivity index (χ0) is 16.9. The van der Waals surface area contributed by atoms with Gasteiger partial charge in [-0.2, -0.15) is 0 Å². The van der Waals surface area contributed by atoms with Crippen LogP contribution in [0.15, 0.2) is 54.6 Å². The number of carbonyl (C=O) groups excluding carboxylic acids is 1. The van der Waals surface area contributed by atoms with E-state index in [-0.39, 0.29) is 5.91 Å². The molecule has 0 aliphatic carbocycles. The highest BCUT2D eigenvalue weighted by atomic mass is 35.6. The van der Waals surface area contributed by atoms with Crippen LogP contribution in [0.5, 0.6) is 0 Å². The van der Waals surface area contributed by atoms with Crippen LogP contribution in [0.3, 0.4) is 0 Å². The van der Waals surface area contributed by atoms with Crippen LogP contribution in [0.4, 0.5) is 0 Å². The fourth-order valence-electron chi connectivity index (χ4n) is 1.98. The van der Waals surface area contributed by atoms with Crippen molar-refractivity contribution >= 4 is 40.7 Å². The predicted octanol–water partition coefficient (Wildman–Crippen LogP) is 4.21. The Bertz CT molecular complexity index is 639. The van der Waals surface area contributed by atoms with Crippen molar-refractivity contribution in [3.63, 3.8) is 0 Å². The first-order chi connectivity index (χ1) is 10.9. The SMILES string of the molecule is Cc1ccc(C(=O)N[C@H](NCc2ccccc2)C(Cl)(Cl)Cl)cc1. The summed E-state index contributed by atoms with van der Waals surface area (Å²) in [6, 6.07) is 16.9. The Labute approximate surface area is 150 Å². The minimum atomic E-state index is -1.67. The second-order valence-electron chi connectivity index (χ2n) is 5.18. The molecule has 0 aliphatic rings. The van der Waals surface area contributed by atoms with Gasteiger partial charge in [-0.1, -0.05) is 82.8 Å². The van der Waals surface area contributed by atoms with Gasteiger partial charge in [-0.15, -0.1) is 0 Å². The van der Waals surface area contributed by atoms with E-state index >= 15 is 0 Å². The van der Waals surface area contributed by atoms with Gasteiger partial charge < -0.3 is 5.32 Å². The molecule has 0 saturated carbocycles. The molecule has 1 amide bonds. The normalized spacial score (nSPS) is 12.7. The first-order valence-corrected chi connectivity index (χ1v) is 8.21. The van der Waals surface area contributed by atoms with Gasteiger partial charge in [0.25, 0.3) is 5.91 Å². The molecule has 0 radical (unpaired) electrons. The number of rotatable bonds is 5. The number of halogens is 3. The van der Waals surface area contributed by atoms with Gasteiger partial charge in [0.15, 0.2) is 0 Å². The van der Waals surface area contributed by atoms with Gasteiger partial charge in [0.05, 0.1) is 0 Å². The van der Waals surface area contributed by atoms with E-state index in [2.05, 4.69) is 10.6 Å². The minimum Gasteiger partial charge on any atom is -0.333 e. The van der Waals surface area contributed by atoms with Crippen molar-refractivity contribution in [3.8, 4) is 0 Å². The smallest absolute Gasteiger partial charge is 0.252 e. The number of carbonyl (C=O) groups is 1. The molecule has 6 heteroatoms. The summed E-state index contributed by atoms with van der Waals surface area (Å²) < 4.78 is -1.67. The molecule has 0 spiro atoms. The fraction of sp³-hybridized carbons (Fsp3) is 0.235. The molecule has 2 rings (SSSR count). The quantitative estimate of drug-likeness (QED) is 0.610. The summed E-state index contributed by atoms with van der Waals surface area (Å²) in [6.45, 7) is 2.42. The Morgan fingerprint density at radius 2 is 1.65 bits per heavy atom. The average Bonchev–Trinajstić information content (AvgIpc) is 2.51. The molecule has 23 heavy (non-hydrogen) atoms. The summed E-state index contributed by atoms with van der Waals surface area (Å²) in [5.41, 5.74) is 2.61. The van der Waals surface area contributed by atoms with Gasteiger partial charge in [0, 0.05) is 12.1 Å². The molecular weight excluding hydrogens is 355 g/mol. The molecule has 2 N–H and O–H groups in total. The van der Waals surface area contributed by atoms with E-state index in [4.69, 9.17) is 34.8 Å². The number of benzene rings is 2. The van der Waals surface area contributed by atoms with Crippen LogP contribution >= 0.6 is 34.8 Å². The minimum absolute atomic E-state index is 0.304. The van der Waals surface area contributed by atoms with Gasteiger partial charge >= 0.3 is 0 Å². The van der Waals surface area contributed by atoms with Crippen molar-refractivity contribution in [2.45, 2.75) is 23.4 Å². The van der Waals surface area contributed by atoms with E-state index in [1.165, 1.54) is 0 Å². The van der Waals surface area contributed by atoms with Crippen molar-refractivity contribution in [2.24, 2.45) is 0 Å². The van der Waals surface area contributed by atoms with Gasteiger partial charge in [0.2, 0.25) is 3.79 Å². The maximum atomic E-state index is 12.3. The third-order valence-corrected chi connectivity index (χ3v) is 3.92. The van der Waals surface area contributed by atoms with E-state index in [0.29, 0.717) is 12.1 Å². The van der Waals surface area contributed by atoms with Crippen LogP contribution in [0.25, 0.3) is 0 Å². The van der Waals surface area contributed by atoms with Crippen molar-refractivity contribution in [1.82, 2.24) is 10.6 Å². The Morgan fingerprint density at radius 3 is 2.22 bits per heavy atom. The maximum absolute atomic E-state index is 12.3. The summed E-state index contributed by atoms with van der Waals surface area (Å²) >= 11 is 17.9. The number of hydrogen-bond acceptors (Lipinski definition) is 2. The molecule has 0 saturated heterocycles. The largest absolute Gasteiger partial charge is 0.333 e. The van der Waals surface area contributed by atoms with Crippen molar-refractivity contribution in [2.75, 3.05) is 0 Å². The molecular formula is C17H17Cl3N2O. The van der Waals surface area contributed by atoms with Crippen LogP contribution in [-0.4, -0.2) is 15.9 Å². The summed E-state index contributed by atoms with van der Waals surface area (Å²) in [5, 5.41) is 5.78. The molecule has 0 unspecified atom stereocenters. The summed E-state index contributed by atoms with van der Waals surface area (Å²) in [6.07, 6.45) is -0.818. The number of amides is 1. The predicted molar refractivity (Wildman–Crippen MR) is 96.0 cm³/mol. The van der Waals surface area contributed by atoms with Crippen molar-refractivity contribution in [3.05, 3.63) is 71.3 Å². The molecule has 2 aromatic carbocycles. The molecule has 2 aromatic rings. The third-order valence-electron chi connectivity index (χ3n) is 3.27. The Balaban J connectivity index is 2.04. The van der Waals surface area contributed by atoms with Crippen LogP contribution in [0, 0.1) is 6.92 Å². The van der Waals surface area contributed by atoms with E-state index in [1.807, 2.05) is 49.4 Å². The monoisotopic (exact) mass is 370 g/mol. The maximum Gasteiger partial charge on any atom is 0.252 e. The van der Waals surface area contributed by atoms with E-state index < -0.39 is 9.96 Å². The molecule has 0 heterocycles. The topological polar surface area (TPSA) is 41.1 Å². The summed E-state index contributed by atoms with van der Waals surface area (Å²) in [4.78, 5) is 12.3.